The normalized spacial score (nSPS) is 16.0. The monoisotopic (exact) mass is 388 g/mol. The first-order chi connectivity index (χ1) is 12.8. The smallest absolute Gasteiger partial charge is 0.314 e. The van der Waals surface area contributed by atoms with Gasteiger partial charge >= 0.3 is 6.03 Å². The van der Waals surface area contributed by atoms with Crippen LogP contribution in [0.5, 0.6) is 0 Å². The van der Waals surface area contributed by atoms with Crippen molar-refractivity contribution >= 4 is 11.8 Å². The van der Waals surface area contributed by atoms with Gasteiger partial charge in [-0.1, -0.05) is 13.5 Å². The van der Waals surface area contributed by atoms with E-state index >= 15 is 0 Å². The maximum atomic E-state index is 11.4. The highest BCUT2D eigenvalue weighted by atomic mass is 16.5. The lowest BCUT2D eigenvalue weighted by Gasteiger charge is -2.22. The Kier molecular flexibility index (Phi) is 19.9. The molecule has 1 saturated carbocycles. The lowest BCUT2D eigenvalue weighted by Crippen LogP contribution is -2.34. The van der Waals surface area contributed by atoms with E-state index in [0.717, 1.165) is 31.5 Å². The van der Waals surface area contributed by atoms with Crippen LogP contribution < -0.4 is 16.4 Å². The van der Waals surface area contributed by atoms with Gasteiger partial charge in [0.05, 0.1) is 6.61 Å². The highest BCUT2D eigenvalue weighted by molar-refractivity contribution is 5.95. The maximum absolute atomic E-state index is 11.4. The topological polar surface area (TPSA) is 96.7 Å². The Morgan fingerprint density at radius 2 is 2.04 bits per heavy atom. The Morgan fingerprint density at radius 1 is 1.41 bits per heavy atom. The fourth-order valence-corrected chi connectivity index (χ4v) is 2.43. The number of nitrogens with one attached hydrogen (secondary N) is 2. The van der Waals surface area contributed by atoms with E-state index in [0.29, 0.717) is 24.9 Å². The van der Waals surface area contributed by atoms with Crippen molar-refractivity contribution in [1.82, 2.24) is 15.5 Å². The van der Waals surface area contributed by atoms with E-state index < -0.39 is 6.03 Å². The van der Waals surface area contributed by atoms with Crippen LogP contribution in [0.1, 0.15) is 46.9 Å². The van der Waals surface area contributed by atoms with Gasteiger partial charge in [0.1, 0.15) is 0 Å². The van der Waals surface area contributed by atoms with E-state index in [-0.39, 0.29) is 1.43 Å². The van der Waals surface area contributed by atoms with Crippen LogP contribution in [0.2, 0.25) is 0 Å². The minimum atomic E-state index is -0.424. The molecule has 0 aliphatic heterocycles. The van der Waals surface area contributed by atoms with E-state index in [1.807, 2.05) is 14.1 Å². The molecule has 0 radical (unpaired) electrons. The third-order valence-electron chi connectivity index (χ3n) is 4.12. The number of ether oxygens (including phenoxy) is 1. The molecule has 1 fully saturated rings. The summed E-state index contributed by atoms with van der Waals surface area (Å²) >= 11 is 0. The molecule has 1 aliphatic carbocycles. The first kappa shape index (κ1) is 27.8. The second-order valence-corrected chi connectivity index (χ2v) is 6.78. The number of likely N-dealkylation sites (N-methyl/N-ethyl adjacent to an activating group) is 1. The molecule has 0 saturated heterocycles. The molecule has 1 atom stereocenters. The number of hydrogen-bond donors (Lipinski definition) is 3. The maximum Gasteiger partial charge on any atom is 0.314 e. The minimum absolute atomic E-state index is 0. The summed E-state index contributed by atoms with van der Waals surface area (Å²) in [5, 5.41) is 6.14. The molecule has 0 spiro atoms. The van der Waals surface area contributed by atoms with Gasteiger partial charge in [-0.25, -0.2) is 4.79 Å². The van der Waals surface area contributed by atoms with E-state index in [2.05, 4.69) is 24.1 Å². The second-order valence-electron chi connectivity index (χ2n) is 6.78. The number of nitrogens with two attached hydrogens (primary N) is 1. The van der Waals surface area contributed by atoms with Crippen molar-refractivity contribution in [3.05, 3.63) is 12.2 Å². The number of carbonyl (C=O) groups excluding carboxylic acids is 2. The number of nitrogens with zero attached hydrogens (tertiary/aromatic N) is 1. The van der Waals surface area contributed by atoms with Crippen molar-refractivity contribution in [3.63, 3.8) is 0 Å². The molecule has 0 bridgehead atoms. The molecule has 0 aromatic heterocycles. The van der Waals surface area contributed by atoms with Gasteiger partial charge in [0.2, 0.25) is 0 Å². The highest BCUT2D eigenvalue weighted by Crippen LogP contribution is 2.27. The van der Waals surface area contributed by atoms with Crippen LogP contribution >= 0.6 is 0 Å². The summed E-state index contributed by atoms with van der Waals surface area (Å²) in [5.74, 6) is 0.916. The number of ketones is 1. The summed E-state index contributed by atoms with van der Waals surface area (Å²) in [6, 6.07) is -0.424. The summed E-state index contributed by atoms with van der Waals surface area (Å²) in [6.07, 6.45) is 6.42. The third-order valence-corrected chi connectivity index (χ3v) is 4.12. The van der Waals surface area contributed by atoms with E-state index in [1.165, 1.54) is 30.6 Å². The average molecular weight is 389 g/mol. The molecule has 7 heteroatoms. The lowest BCUT2D eigenvalue weighted by molar-refractivity contribution is -0.117. The zero-order valence-corrected chi connectivity index (χ0v) is 18.1. The molecular weight excluding hydrogens is 344 g/mol. The van der Waals surface area contributed by atoms with Crippen LogP contribution in [-0.2, 0) is 9.53 Å². The minimum Gasteiger partial charge on any atom is -0.383 e. The van der Waals surface area contributed by atoms with Crippen LogP contribution in [0, 0.1) is 5.92 Å². The predicted molar refractivity (Wildman–Crippen MR) is 115 cm³/mol. The molecule has 0 aromatic carbocycles. The highest BCUT2D eigenvalue weighted by Gasteiger charge is 2.21. The van der Waals surface area contributed by atoms with Gasteiger partial charge in [-0.05, 0) is 70.8 Å². The third kappa shape index (κ3) is 17.7. The van der Waals surface area contributed by atoms with E-state index in [1.54, 1.807) is 14.2 Å². The van der Waals surface area contributed by atoms with Crippen molar-refractivity contribution < 1.29 is 15.8 Å². The molecule has 4 N–H and O–H groups in total. The average Bonchev–Trinajstić information content (AvgIpc) is 2.63. The van der Waals surface area contributed by atoms with Crippen LogP contribution in [0.25, 0.3) is 0 Å². The van der Waals surface area contributed by atoms with Crippen LogP contribution in [-0.4, -0.2) is 71.2 Å². The second kappa shape index (κ2) is 19.3. The van der Waals surface area contributed by atoms with E-state index in [9.17, 15) is 9.59 Å². The molecule has 1 aliphatic rings. The Bertz CT molecular complexity index is 409. The van der Waals surface area contributed by atoms with Crippen molar-refractivity contribution in [1.29, 1.82) is 0 Å². The molecule has 27 heavy (non-hydrogen) atoms. The summed E-state index contributed by atoms with van der Waals surface area (Å²) in [6.45, 7) is 9.25. The molecule has 7 nitrogen and oxygen atoms in total. The number of carbonyl (C=O) groups is 2. The van der Waals surface area contributed by atoms with Gasteiger partial charge in [0.25, 0.3) is 0 Å². The molecule has 0 aromatic rings. The molecule has 0 unspecified atom stereocenters. The van der Waals surface area contributed by atoms with Gasteiger partial charge in [-0.3, -0.25) is 4.79 Å². The van der Waals surface area contributed by atoms with Gasteiger partial charge < -0.3 is 26.0 Å². The molecule has 0 heterocycles. The van der Waals surface area contributed by atoms with Crippen molar-refractivity contribution in [3.8, 4) is 0 Å². The number of rotatable bonds is 9. The predicted octanol–water partition coefficient (Wildman–Crippen LogP) is 2.42. The van der Waals surface area contributed by atoms with Crippen LogP contribution in [0.3, 0.4) is 0 Å². The molecular formula is C20H44N4O3. The quantitative estimate of drug-likeness (QED) is 0.416. The molecule has 162 valence electrons. The lowest BCUT2D eigenvalue weighted by atomic mass is 9.83. The number of primary amides is 1. The van der Waals surface area contributed by atoms with Crippen molar-refractivity contribution in [2.45, 2.75) is 45.4 Å². The standard InChI is InChI=1S/C13H23NO.C5H12N2O2.C2H7N.H2/c1-3-8-14-9-4-5-12-7-6-11(2)13(15)10-12;1-7(5(6)8)3-4-9-2;1-3-2;/h12,14H,2-10H2,1H3;3-4H2,1-2H3,(H2,6,8);3H,1-2H3;1H/t12-;;;/m0.../s1. The van der Waals surface area contributed by atoms with Crippen molar-refractivity contribution in [2.75, 3.05) is 54.5 Å². The van der Waals surface area contributed by atoms with Crippen molar-refractivity contribution in [2.24, 2.45) is 11.7 Å². The van der Waals surface area contributed by atoms with Gasteiger partial charge in [0, 0.05) is 28.5 Å². The molecule has 2 amide bonds. The zero-order chi connectivity index (χ0) is 21.1. The number of hydrogen-bond acceptors (Lipinski definition) is 5. The van der Waals surface area contributed by atoms with Gasteiger partial charge in [-0.15, -0.1) is 0 Å². The Morgan fingerprint density at radius 3 is 2.52 bits per heavy atom. The summed E-state index contributed by atoms with van der Waals surface area (Å²) < 4.78 is 4.71. The Labute approximate surface area is 167 Å². The summed E-state index contributed by atoms with van der Waals surface area (Å²) in [5.41, 5.74) is 5.75. The molecule has 1 rings (SSSR count). The first-order valence-corrected chi connectivity index (χ1v) is 9.83. The van der Waals surface area contributed by atoms with Crippen LogP contribution in [0.4, 0.5) is 4.79 Å². The number of methoxy groups -OCH3 is 1. The number of urea groups is 1. The Balaban J connectivity index is -0.000000414. The van der Waals surface area contributed by atoms with E-state index in [4.69, 9.17) is 10.5 Å². The fraction of sp³-hybridized carbons (Fsp3) is 0.800. The van der Waals surface area contributed by atoms with Gasteiger partial charge in [0.15, 0.2) is 5.78 Å². The van der Waals surface area contributed by atoms with Gasteiger partial charge in [-0.2, -0.15) is 0 Å². The Hall–Kier alpha value is -1.44. The summed E-state index contributed by atoms with van der Waals surface area (Å²) in [4.78, 5) is 23.1. The largest absolute Gasteiger partial charge is 0.383 e. The van der Waals surface area contributed by atoms with Crippen LogP contribution in [0.15, 0.2) is 12.2 Å². The summed E-state index contributed by atoms with van der Waals surface area (Å²) in [7, 11) is 6.95. The zero-order valence-electron chi connectivity index (χ0n) is 18.1. The number of Topliss-reactive ketones (excluding diaryl/α,β-unsaturated/α-hetero) is 1. The SMILES string of the molecule is C=C1CC[C@H](CCCNCCC)CC1=O.CNC.COCCN(C)C(N)=O.[HH]. The fourth-order valence-electron chi connectivity index (χ4n) is 2.43. The first-order valence-electron chi connectivity index (χ1n) is 9.83. The number of allylic oxidation sites excluding steroid dienone is 1. The number of amides is 2.